The van der Waals surface area contributed by atoms with Gasteiger partial charge < -0.3 is 14.6 Å². The second-order valence-electron chi connectivity index (χ2n) is 6.30. The SMILES string of the molecule is Cc1ocnc1C(=O)NCc1ccc(N2CCC[C@@H](C)C2)cc1. The standard InChI is InChI=1S/C18H23N3O2/c1-13-4-3-9-21(11-13)16-7-5-15(6-8-16)10-19-18(22)17-14(2)23-12-20-17/h5-8,12-13H,3-4,9-11H2,1-2H3,(H,19,22)/t13-/m1/s1. The summed E-state index contributed by atoms with van der Waals surface area (Å²) in [5.41, 5.74) is 2.69. The van der Waals surface area contributed by atoms with E-state index in [1.54, 1.807) is 6.92 Å². The molecule has 1 saturated heterocycles. The molecule has 0 saturated carbocycles. The average molecular weight is 313 g/mol. The Kier molecular flexibility index (Phi) is 4.65. The first-order valence-corrected chi connectivity index (χ1v) is 8.15. The number of nitrogens with zero attached hydrogens (tertiary/aromatic N) is 2. The molecule has 1 aliphatic heterocycles. The zero-order chi connectivity index (χ0) is 16.2. The van der Waals surface area contributed by atoms with Gasteiger partial charge in [0.2, 0.25) is 0 Å². The first-order chi connectivity index (χ1) is 11.1. The number of aromatic nitrogens is 1. The molecule has 0 unspecified atom stereocenters. The summed E-state index contributed by atoms with van der Waals surface area (Å²) in [5, 5.41) is 2.87. The highest BCUT2D eigenvalue weighted by molar-refractivity contribution is 5.92. The molecule has 2 heterocycles. The maximum Gasteiger partial charge on any atom is 0.273 e. The largest absolute Gasteiger partial charge is 0.448 e. The van der Waals surface area contributed by atoms with E-state index in [4.69, 9.17) is 4.42 Å². The fourth-order valence-corrected chi connectivity index (χ4v) is 3.04. The van der Waals surface area contributed by atoms with Crippen molar-refractivity contribution in [2.45, 2.75) is 33.2 Å². The van der Waals surface area contributed by atoms with Crippen LogP contribution in [0.1, 0.15) is 41.6 Å². The summed E-state index contributed by atoms with van der Waals surface area (Å²) in [5.74, 6) is 1.09. The minimum Gasteiger partial charge on any atom is -0.448 e. The van der Waals surface area contributed by atoms with Gasteiger partial charge in [0.05, 0.1) is 0 Å². The lowest BCUT2D eigenvalue weighted by Gasteiger charge is -2.32. The number of amides is 1. The molecule has 3 rings (SSSR count). The Hall–Kier alpha value is -2.30. The molecule has 0 bridgehead atoms. The van der Waals surface area contributed by atoms with Crippen LogP contribution >= 0.6 is 0 Å². The van der Waals surface area contributed by atoms with Gasteiger partial charge in [-0.2, -0.15) is 0 Å². The molecule has 0 spiro atoms. The van der Waals surface area contributed by atoms with Crippen LogP contribution in [0.25, 0.3) is 0 Å². The lowest BCUT2D eigenvalue weighted by Crippen LogP contribution is -2.34. The normalized spacial score (nSPS) is 18.0. The monoisotopic (exact) mass is 313 g/mol. The third-order valence-electron chi connectivity index (χ3n) is 4.37. The van der Waals surface area contributed by atoms with Crippen molar-refractivity contribution in [3.05, 3.63) is 47.7 Å². The minimum absolute atomic E-state index is 0.204. The van der Waals surface area contributed by atoms with Crippen LogP contribution in [0.2, 0.25) is 0 Å². The number of carbonyl (C=O) groups excluding carboxylic acids is 1. The maximum atomic E-state index is 12.0. The smallest absolute Gasteiger partial charge is 0.273 e. The molecular weight excluding hydrogens is 290 g/mol. The molecule has 23 heavy (non-hydrogen) atoms. The highest BCUT2D eigenvalue weighted by atomic mass is 16.3. The zero-order valence-electron chi connectivity index (χ0n) is 13.7. The molecule has 1 atom stereocenters. The third-order valence-corrected chi connectivity index (χ3v) is 4.37. The van der Waals surface area contributed by atoms with Crippen LogP contribution in [-0.2, 0) is 6.54 Å². The maximum absolute atomic E-state index is 12.0. The third kappa shape index (κ3) is 3.73. The Bertz CT molecular complexity index is 663. The summed E-state index contributed by atoms with van der Waals surface area (Å²) in [6, 6.07) is 8.43. The molecular formula is C18H23N3O2. The van der Waals surface area contributed by atoms with Gasteiger partial charge in [-0.3, -0.25) is 4.79 Å². The van der Waals surface area contributed by atoms with Crippen LogP contribution in [0.5, 0.6) is 0 Å². The predicted octanol–water partition coefficient (Wildman–Crippen LogP) is 3.15. The lowest BCUT2D eigenvalue weighted by molar-refractivity contribution is 0.0945. The summed E-state index contributed by atoms with van der Waals surface area (Å²) in [6.45, 7) is 6.79. The Morgan fingerprint density at radius 1 is 1.39 bits per heavy atom. The van der Waals surface area contributed by atoms with E-state index in [0.717, 1.165) is 24.6 Å². The molecule has 1 N–H and O–H groups in total. The molecule has 122 valence electrons. The van der Waals surface area contributed by atoms with Crippen molar-refractivity contribution < 1.29 is 9.21 Å². The van der Waals surface area contributed by atoms with E-state index in [2.05, 4.69) is 46.4 Å². The van der Waals surface area contributed by atoms with Crippen LogP contribution in [0, 0.1) is 12.8 Å². The Morgan fingerprint density at radius 3 is 2.83 bits per heavy atom. The number of hydrogen-bond donors (Lipinski definition) is 1. The number of nitrogens with one attached hydrogen (secondary N) is 1. The van der Waals surface area contributed by atoms with Gasteiger partial charge >= 0.3 is 0 Å². The number of rotatable bonds is 4. The summed E-state index contributed by atoms with van der Waals surface area (Å²) >= 11 is 0. The molecule has 0 radical (unpaired) electrons. The quantitative estimate of drug-likeness (QED) is 0.942. The van der Waals surface area contributed by atoms with Crippen molar-refractivity contribution in [2.75, 3.05) is 18.0 Å². The number of carbonyl (C=O) groups is 1. The zero-order valence-corrected chi connectivity index (χ0v) is 13.7. The van der Waals surface area contributed by atoms with Gasteiger partial charge in [-0.1, -0.05) is 19.1 Å². The topological polar surface area (TPSA) is 58.4 Å². The lowest BCUT2D eigenvalue weighted by atomic mass is 9.99. The Balaban J connectivity index is 1.57. The van der Waals surface area contributed by atoms with Gasteiger partial charge in [-0.25, -0.2) is 4.98 Å². The highest BCUT2D eigenvalue weighted by Gasteiger charge is 2.16. The van der Waals surface area contributed by atoms with Gasteiger partial charge in [-0.15, -0.1) is 0 Å². The summed E-state index contributed by atoms with van der Waals surface area (Å²) in [4.78, 5) is 18.4. The molecule has 1 aromatic heterocycles. The summed E-state index contributed by atoms with van der Waals surface area (Å²) in [7, 11) is 0. The molecule has 1 amide bonds. The molecule has 0 aliphatic carbocycles. The molecule has 5 heteroatoms. The first-order valence-electron chi connectivity index (χ1n) is 8.15. The van der Waals surface area contributed by atoms with Crippen LogP contribution in [0.4, 0.5) is 5.69 Å². The Morgan fingerprint density at radius 2 is 2.17 bits per heavy atom. The van der Waals surface area contributed by atoms with Gasteiger partial charge in [0, 0.05) is 25.3 Å². The Labute approximate surface area is 136 Å². The van der Waals surface area contributed by atoms with Crippen LogP contribution in [0.3, 0.4) is 0 Å². The van der Waals surface area contributed by atoms with Crippen LogP contribution in [0.15, 0.2) is 35.1 Å². The van der Waals surface area contributed by atoms with E-state index < -0.39 is 0 Å². The van der Waals surface area contributed by atoms with Gasteiger partial charge in [0.15, 0.2) is 12.1 Å². The second kappa shape index (κ2) is 6.86. The van der Waals surface area contributed by atoms with Gasteiger partial charge in [-0.05, 0) is 43.4 Å². The number of piperidine rings is 1. The fraction of sp³-hybridized carbons (Fsp3) is 0.444. The predicted molar refractivity (Wildman–Crippen MR) is 89.5 cm³/mol. The first kappa shape index (κ1) is 15.6. The van der Waals surface area contributed by atoms with Crippen molar-refractivity contribution in [2.24, 2.45) is 5.92 Å². The minimum atomic E-state index is -0.204. The van der Waals surface area contributed by atoms with Crippen LogP contribution < -0.4 is 10.2 Å². The molecule has 5 nitrogen and oxygen atoms in total. The van der Waals surface area contributed by atoms with E-state index in [0.29, 0.717) is 18.0 Å². The van der Waals surface area contributed by atoms with E-state index in [1.165, 1.54) is 24.9 Å². The van der Waals surface area contributed by atoms with Gasteiger partial charge in [0.1, 0.15) is 5.76 Å². The van der Waals surface area contributed by atoms with E-state index in [9.17, 15) is 4.79 Å². The number of oxazole rings is 1. The van der Waals surface area contributed by atoms with Crippen LogP contribution in [-0.4, -0.2) is 24.0 Å². The van der Waals surface area contributed by atoms with Crippen molar-refractivity contribution in [3.63, 3.8) is 0 Å². The van der Waals surface area contributed by atoms with Gasteiger partial charge in [0.25, 0.3) is 5.91 Å². The number of hydrogen-bond acceptors (Lipinski definition) is 4. The highest BCUT2D eigenvalue weighted by Crippen LogP contribution is 2.23. The van der Waals surface area contributed by atoms with E-state index in [1.807, 2.05) is 0 Å². The van der Waals surface area contributed by atoms with E-state index in [-0.39, 0.29) is 5.91 Å². The fourth-order valence-electron chi connectivity index (χ4n) is 3.04. The van der Waals surface area contributed by atoms with Crippen molar-refractivity contribution in [1.82, 2.24) is 10.3 Å². The number of benzene rings is 1. The molecule has 1 aliphatic rings. The van der Waals surface area contributed by atoms with Crippen molar-refractivity contribution in [3.8, 4) is 0 Å². The van der Waals surface area contributed by atoms with Crippen molar-refractivity contribution in [1.29, 1.82) is 0 Å². The molecule has 2 aromatic rings. The summed E-state index contributed by atoms with van der Waals surface area (Å²) in [6.07, 6.45) is 3.87. The number of anilines is 1. The van der Waals surface area contributed by atoms with E-state index >= 15 is 0 Å². The average Bonchev–Trinajstić information content (AvgIpc) is 2.99. The molecule has 1 fully saturated rings. The number of aryl methyl sites for hydroxylation is 1. The molecule has 1 aromatic carbocycles. The summed E-state index contributed by atoms with van der Waals surface area (Å²) < 4.78 is 5.05. The second-order valence-corrected chi connectivity index (χ2v) is 6.30. The van der Waals surface area contributed by atoms with Crippen molar-refractivity contribution >= 4 is 11.6 Å².